The fourth-order valence-corrected chi connectivity index (χ4v) is 6.98. The number of alkyl halides is 1. The molecule has 2 saturated carbocycles. The minimum atomic E-state index is -0.388. The molecule has 2 aliphatic carbocycles. The van der Waals surface area contributed by atoms with E-state index in [4.69, 9.17) is 0 Å². The van der Waals surface area contributed by atoms with E-state index in [9.17, 15) is 9.18 Å². The number of hydrogen-bond donors (Lipinski definition) is 2. The third-order valence-corrected chi connectivity index (χ3v) is 8.05. The Morgan fingerprint density at radius 1 is 1.17 bits per heavy atom. The summed E-state index contributed by atoms with van der Waals surface area (Å²) in [4.78, 5) is 13.6. The van der Waals surface area contributed by atoms with Crippen molar-refractivity contribution >= 4 is 5.91 Å². The molecule has 2 N–H and O–H groups in total. The first-order valence-electron chi connectivity index (χ1n) is 11.4. The van der Waals surface area contributed by atoms with Crippen LogP contribution in [0.25, 0.3) is 0 Å². The molecule has 6 atom stereocenters. The second-order valence-corrected chi connectivity index (χ2v) is 11.0. The summed E-state index contributed by atoms with van der Waals surface area (Å²) in [6.07, 6.45) is 5.51. The Balaban J connectivity index is 1.62. The lowest BCUT2D eigenvalue weighted by atomic mass is 9.47. The van der Waals surface area contributed by atoms with Crippen LogP contribution >= 0.6 is 0 Å². The van der Waals surface area contributed by atoms with Gasteiger partial charge in [-0.15, -0.1) is 0 Å². The first kappa shape index (κ1) is 20.8. The number of carbonyl (C=O) groups excluding carboxylic acids is 1. The molecular weight excluding hydrogens is 363 g/mol. The lowest BCUT2D eigenvalue weighted by molar-refractivity contribution is -0.139. The van der Waals surface area contributed by atoms with Crippen molar-refractivity contribution in [2.45, 2.75) is 70.8 Å². The maximum Gasteiger partial charge on any atom is 0.226 e. The highest BCUT2D eigenvalue weighted by molar-refractivity contribution is 5.83. The standard InChI is InChI=1S/C25H37FN2O/c1-18-14-27-10-9-21(18)28-22(29)24(3)12-19-11-23(2,17-26)15-25(13-19,16-24)20-7-5-4-6-8-20/h4-8,18-19,21,27H,9-17H2,1-3H3,(H,28,29)/t18?,19?,21?,23-,24?,25?/m0/s1. The maximum absolute atomic E-state index is 14.1. The topological polar surface area (TPSA) is 41.1 Å². The van der Waals surface area contributed by atoms with Crippen LogP contribution in [0.15, 0.2) is 30.3 Å². The highest BCUT2D eigenvalue weighted by Crippen LogP contribution is 2.61. The van der Waals surface area contributed by atoms with Crippen LogP contribution in [-0.2, 0) is 10.2 Å². The maximum atomic E-state index is 14.1. The van der Waals surface area contributed by atoms with Gasteiger partial charge in [0.05, 0.1) is 6.67 Å². The van der Waals surface area contributed by atoms with E-state index in [1.165, 1.54) is 5.56 Å². The Hall–Kier alpha value is -1.42. The van der Waals surface area contributed by atoms with E-state index >= 15 is 0 Å². The average Bonchev–Trinajstić information content (AvgIpc) is 2.69. The quantitative estimate of drug-likeness (QED) is 0.775. The molecule has 160 valence electrons. The van der Waals surface area contributed by atoms with Crippen molar-refractivity contribution in [2.75, 3.05) is 19.8 Å². The number of piperidine rings is 1. The highest BCUT2D eigenvalue weighted by Gasteiger charge is 2.56. The van der Waals surface area contributed by atoms with Gasteiger partial charge in [0.15, 0.2) is 0 Å². The number of hydrogen-bond acceptors (Lipinski definition) is 2. The third-order valence-electron chi connectivity index (χ3n) is 8.05. The van der Waals surface area contributed by atoms with Crippen LogP contribution in [0.3, 0.4) is 0 Å². The van der Waals surface area contributed by atoms with Crippen LogP contribution in [0, 0.1) is 22.7 Å². The van der Waals surface area contributed by atoms with E-state index in [1.807, 2.05) is 6.07 Å². The van der Waals surface area contributed by atoms with Crippen molar-refractivity contribution in [2.24, 2.45) is 22.7 Å². The van der Waals surface area contributed by atoms with Crippen LogP contribution in [0.4, 0.5) is 4.39 Å². The zero-order chi connectivity index (χ0) is 20.7. The van der Waals surface area contributed by atoms with Gasteiger partial charge in [0.1, 0.15) is 0 Å². The summed E-state index contributed by atoms with van der Waals surface area (Å²) in [5.41, 5.74) is 0.522. The van der Waals surface area contributed by atoms with E-state index in [2.05, 4.69) is 55.7 Å². The number of carbonyl (C=O) groups is 1. The van der Waals surface area contributed by atoms with Gasteiger partial charge in [-0.05, 0) is 79.8 Å². The van der Waals surface area contributed by atoms with Gasteiger partial charge < -0.3 is 10.6 Å². The van der Waals surface area contributed by atoms with Crippen LogP contribution < -0.4 is 10.6 Å². The zero-order valence-corrected chi connectivity index (χ0v) is 18.3. The Morgan fingerprint density at radius 2 is 1.93 bits per heavy atom. The summed E-state index contributed by atoms with van der Waals surface area (Å²) in [5.74, 6) is 1.07. The van der Waals surface area contributed by atoms with Crippen molar-refractivity contribution in [3.05, 3.63) is 35.9 Å². The van der Waals surface area contributed by atoms with E-state index in [0.717, 1.165) is 51.6 Å². The minimum Gasteiger partial charge on any atom is -0.353 e. The van der Waals surface area contributed by atoms with Gasteiger partial charge in [-0.1, -0.05) is 51.1 Å². The normalized spacial score (nSPS) is 42.3. The van der Waals surface area contributed by atoms with Crippen molar-refractivity contribution in [3.8, 4) is 0 Å². The third kappa shape index (κ3) is 3.97. The largest absolute Gasteiger partial charge is 0.353 e. The van der Waals surface area contributed by atoms with Gasteiger partial charge in [-0.25, -0.2) is 0 Å². The van der Waals surface area contributed by atoms with Gasteiger partial charge in [0.2, 0.25) is 5.91 Å². The first-order chi connectivity index (χ1) is 13.8. The smallest absolute Gasteiger partial charge is 0.226 e. The fourth-order valence-electron chi connectivity index (χ4n) is 6.98. The molecule has 29 heavy (non-hydrogen) atoms. The Morgan fingerprint density at radius 3 is 2.62 bits per heavy atom. The van der Waals surface area contributed by atoms with Crippen molar-refractivity contribution < 1.29 is 9.18 Å². The van der Waals surface area contributed by atoms with Crippen molar-refractivity contribution in [1.29, 1.82) is 0 Å². The monoisotopic (exact) mass is 400 g/mol. The molecule has 1 amide bonds. The minimum absolute atomic E-state index is 0.102. The summed E-state index contributed by atoms with van der Waals surface area (Å²) in [6.45, 7) is 8.15. The van der Waals surface area contributed by atoms with Gasteiger partial charge in [0.25, 0.3) is 0 Å². The van der Waals surface area contributed by atoms with Crippen LogP contribution in [0.1, 0.15) is 64.9 Å². The molecule has 0 spiro atoms. The molecule has 2 bridgehead atoms. The average molecular weight is 401 g/mol. The lowest BCUT2D eigenvalue weighted by Gasteiger charge is -2.57. The molecule has 1 aromatic rings. The zero-order valence-electron chi connectivity index (χ0n) is 18.3. The van der Waals surface area contributed by atoms with Gasteiger partial charge in [-0.2, -0.15) is 0 Å². The molecule has 4 rings (SSSR count). The lowest BCUT2D eigenvalue weighted by Crippen LogP contribution is -2.57. The summed E-state index contributed by atoms with van der Waals surface area (Å²) in [7, 11) is 0. The van der Waals surface area contributed by atoms with Crippen LogP contribution in [0.5, 0.6) is 0 Å². The molecular formula is C25H37FN2O. The van der Waals surface area contributed by atoms with E-state index < -0.39 is 0 Å². The Labute approximate surface area is 175 Å². The van der Waals surface area contributed by atoms with Crippen LogP contribution in [-0.4, -0.2) is 31.7 Å². The summed E-state index contributed by atoms with van der Waals surface area (Å²) >= 11 is 0. The second-order valence-electron chi connectivity index (χ2n) is 11.0. The molecule has 1 heterocycles. The first-order valence-corrected chi connectivity index (χ1v) is 11.4. The number of amides is 1. The van der Waals surface area contributed by atoms with E-state index in [1.54, 1.807) is 0 Å². The van der Waals surface area contributed by atoms with Crippen molar-refractivity contribution in [1.82, 2.24) is 10.6 Å². The van der Waals surface area contributed by atoms with Crippen molar-refractivity contribution in [3.63, 3.8) is 0 Å². The molecule has 4 heteroatoms. The number of benzene rings is 1. The van der Waals surface area contributed by atoms with Gasteiger partial charge in [0, 0.05) is 11.5 Å². The molecule has 5 unspecified atom stereocenters. The number of fused-ring (bicyclic) bond motifs is 2. The molecule has 3 aliphatic rings. The number of halogens is 1. The Bertz CT molecular complexity index is 740. The number of rotatable bonds is 4. The van der Waals surface area contributed by atoms with E-state index in [-0.39, 0.29) is 34.9 Å². The predicted molar refractivity (Wildman–Crippen MR) is 115 cm³/mol. The fraction of sp³-hybridized carbons (Fsp3) is 0.720. The number of nitrogens with one attached hydrogen (secondary N) is 2. The molecule has 3 nitrogen and oxygen atoms in total. The predicted octanol–water partition coefficient (Wildman–Crippen LogP) is 4.61. The summed E-state index contributed by atoms with van der Waals surface area (Å²) < 4.78 is 14.1. The Kier molecular flexibility index (Phi) is 5.52. The summed E-state index contributed by atoms with van der Waals surface area (Å²) in [5, 5.41) is 6.83. The molecule has 1 aromatic carbocycles. The van der Waals surface area contributed by atoms with Crippen LogP contribution in [0.2, 0.25) is 0 Å². The molecule has 1 aliphatic heterocycles. The highest BCUT2D eigenvalue weighted by atomic mass is 19.1. The molecule has 0 aromatic heterocycles. The molecule has 3 fully saturated rings. The molecule has 1 saturated heterocycles. The van der Waals surface area contributed by atoms with Gasteiger partial charge >= 0.3 is 0 Å². The molecule has 0 radical (unpaired) electrons. The second kappa shape index (κ2) is 7.68. The van der Waals surface area contributed by atoms with Gasteiger partial charge in [-0.3, -0.25) is 9.18 Å². The SMILES string of the molecule is CC1CNCCC1NC(=O)C1(C)CC2CC(c3ccccc3)(C1)C[C@@](C)(CF)C2. The van der Waals surface area contributed by atoms with E-state index in [0.29, 0.717) is 11.8 Å². The summed E-state index contributed by atoms with van der Waals surface area (Å²) in [6, 6.07) is 10.9.